The Bertz CT molecular complexity index is 1820. The van der Waals surface area contributed by atoms with Crippen molar-refractivity contribution in [3.63, 3.8) is 0 Å². The lowest BCUT2D eigenvalue weighted by molar-refractivity contribution is -0.122. The predicted octanol–water partition coefficient (Wildman–Crippen LogP) is 5.07. The number of rotatable bonds is 7. The van der Waals surface area contributed by atoms with Crippen molar-refractivity contribution < 1.29 is 24.2 Å². The number of aryl methyl sites for hydroxylation is 1. The van der Waals surface area contributed by atoms with Gasteiger partial charge in [-0.05, 0) is 98.4 Å². The first kappa shape index (κ1) is 28.0. The number of thiocarbonyl (C=S) groups is 1. The maximum atomic E-state index is 13.4. The zero-order chi connectivity index (χ0) is 30.0. The molecule has 208 valence electrons. The van der Waals surface area contributed by atoms with Crippen LogP contribution in [-0.4, -0.2) is 32.6 Å². The first-order valence-corrected chi connectivity index (χ1v) is 13.2. The second-order valence-corrected chi connectivity index (χ2v) is 9.91. The molecule has 2 N–H and O–H groups in total. The van der Waals surface area contributed by atoms with Crippen molar-refractivity contribution in [2.45, 2.75) is 20.5 Å². The van der Waals surface area contributed by atoms with Crippen LogP contribution in [0.25, 0.3) is 11.8 Å². The van der Waals surface area contributed by atoms with E-state index >= 15 is 0 Å². The van der Waals surface area contributed by atoms with E-state index in [1.165, 1.54) is 35.2 Å². The van der Waals surface area contributed by atoms with Crippen LogP contribution in [0.1, 0.15) is 38.4 Å². The third-order valence-corrected chi connectivity index (χ3v) is 7.16. The van der Waals surface area contributed by atoms with Crippen molar-refractivity contribution in [1.29, 1.82) is 5.26 Å². The Labute approximate surface area is 246 Å². The average molecular weight is 577 g/mol. The van der Waals surface area contributed by atoms with Crippen molar-refractivity contribution in [2.75, 3.05) is 4.90 Å². The summed E-state index contributed by atoms with van der Waals surface area (Å²) < 4.78 is 7.89. The van der Waals surface area contributed by atoms with Gasteiger partial charge in [0.2, 0.25) is 0 Å². The van der Waals surface area contributed by atoms with Crippen molar-refractivity contribution in [1.82, 2.24) is 9.88 Å². The molecule has 1 fully saturated rings. The number of nitrogens with zero attached hydrogens (tertiary/aromatic N) is 3. The van der Waals surface area contributed by atoms with Crippen LogP contribution < -0.4 is 15.0 Å². The van der Waals surface area contributed by atoms with Crippen molar-refractivity contribution in [3.8, 4) is 17.5 Å². The number of carboxylic acid groups (broad SMARTS) is 1. The molecule has 1 saturated heterocycles. The Morgan fingerprint density at radius 2 is 1.69 bits per heavy atom. The molecular weight excluding hydrogens is 552 g/mol. The van der Waals surface area contributed by atoms with E-state index < -0.39 is 17.8 Å². The van der Waals surface area contributed by atoms with Crippen LogP contribution in [0.15, 0.2) is 84.4 Å². The lowest BCUT2D eigenvalue weighted by atomic mass is 10.1. The number of nitrogens with one attached hydrogen (secondary N) is 1. The third-order valence-electron chi connectivity index (χ3n) is 6.87. The summed E-state index contributed by atoms with van der Waals surface area (Å²) >= 11 is 5.25. The largest absolute Gasteiger partial charge is 0.489 e. The van der Waals surface area contributed by atoms with Crippen LogP contribution in [-0.2, 0) is 16.2 Å². The lowest BCUT2D eigenvalue weighted by Crippen LogP contribution is -2.54. The Balaban J connectivity index is 1.39. The fraction of sp³-hybridized carbons (Fsp3) is 0.0938. The van der Waals surface area contributed by atoms with Crippen LogP contribution in [0, 0.1) is 25.2 Å². The molecule has 4 aromatic rings. The number of ether oxygens (including phenoxy) is 1. The summed E-state index contributed by atoms with van der Waals surface area (Å²) in [6.45, 7) is 4.08. The molecule has 5 rings (SSSR count). The van der Waals surface area contributed by atoms with Gasteiger partial charge in [0.15, 0.2) is 5.11 Å². The Morgan fingerprint density at radius 3 is 2.36 bits per heavy atom. The molecule has 0 spiro atoms. The summed E-state index contributed by atoms with van der Waals surface area (Å²) in [5.74, 6) is -1.68. The number of amides is 2. The second-order valence-electron chi connectivity index (χ2n) is 9.52. The van der Waals surface area contributed by atoms with E-state index in [0.29, 0.717) is 22.6 Å². The Kier molecular flexibility index (Phi) is 7.69. The summed E-state index contributed by atoms with van der Waals surface area (Å²) in [6, 6.07) is 24.5. The van der Waals surface area contributed by atoms with Crippen LogP contribution in [0.3, 0.4) is 0 Å². The molecule has 0 radical (unpaired) electrons. The minimum absolute atomic E-state index is 0.0605. The van der Waals surface area contributed by atoms with Crippen LogP contribution >= 0.6 is 12.2 Å². The first-order chi connectivity index (χ1) is 20.2. The quantitative estimate of drug-likeness (QED) is 0.179. The molecule has 42 heavy (non-hydrogen) atoms. The number of hydrogen-bond donors (Lipinski definition) is 2. The monoisotopic (exact) mass is 576 g/mol. The van der Waals surface area contributed by atoms with E-state index in [-0.39, 0.29) is 22.9 Å². The number of carboxylic acids is 1. The average Bonchev–Trinajstić information content (AvgIpc) is 3.26. The Hall–Kier alpha value is -5.53. The molecule has 3 aromatic carbocycles. The van der Waals surface area contributed by atoms with Gasteiger partial charge in [0.05, 0.1) is 22.9 Å². The van der Waals surface area contributed by atoms with Crippen molar-refractivity contribution in [3.05, 3.63) is 118 Å². The minimum Gasteiger partial charge on any atom is -0.489 e. The van der Waals surface area contributed by atoms with Crippen LogP contribution in [0.5, 0.6) is 5.75 Å². The highest BCUT2D eigenvalue weighted by atomic mass is 32.1. The van der Waals surface area contributed by atoms with Gasteiger partial charge in [0.1, 0.15) is 17.9 Å². The third kappa shape index (κ3) is 5.41. The highest BCUT2D eigenvalue weighted by molar-refractivity contribution is 7.80. The van der Waals surface area contributed by atoms with E-state index in [1.807, 2.05) is 66.9 Å². The standard InChI is InChI=1S/C32H24N4O5S/c1-19-15-24(16-28-29(37)34-32(42)36(30(28)38)26-9-7-21(8-10-26)31(39)40)20(2)35(19)25-11-13-27(14-12-25)41-18-23-6-4-3-5-22(23)17-33/h3-16H,18H2,1-2H3,(H,39,40)(H,34,37,42)/b28-16+. The molecule has 0 bridgehead atoms. The van der Waals surface area contributed by atoms with Crippen molar-refractivity contribution >= 4 is 46.9 Å². The number of nitriles is 1. The highest BCUT2D eigenvalue weighted by Gasteiger charge is 2.34. The molecule has 2 heterocycles. The van der Waals surface area contributed by atoms with E-state index in [0.717, 1.165) is 22.6 Å². The number of anilines is 1. The molecular formula is C32H24N4O5S. The zero-order valence-corrected chi connectivity index (χ0v) is 23.4. The Morgan fingerprint density at radius 1 is 1.02 bits per heavy atom. The second kappa shape index (κ2) is 11.5. The number of hydrogen-bond acceptors (Lipinski definition) is 6. The van der Waals surface area contributed by atoms with Crippen molar-refractivity contribution in [2.24, 2.45) is 0 Å². The molecule has 1 aliphatic rings. The zero-order valence-electron chi connectivity index (χ0n) is 22.6. The predicted molar refractivity (Wildman–Crippen MR) is 160 cm³/mol. The molecule has 0 aliphatic carbocycles. The van der Waals surface area contributed by atoms with Gasteiger partial charge < -0.3 is 14.4 Å². The summed E-state index contributed by atoms with van der Waals surface area (Å²) in [7, 11) is 0. The van der Waals surface area contributed by atoms with Gasteiger partial charge >= 0.3 is 5.97 Å². The maximum absolute atomic E-state index is 13.4. The summed E-state index contributed by atoms with van der Waals surface area (Å²) in [6.07, 6.45) is 1.53. The van der Waals surface area contributed by atoms with Gasteiger partial charge in [0.25, 0.3) is 11.8 Å². The molecule has 1 aromatic heterocycles. The molecule has 10 heteroatoms. The van der Waals surface area contributed by atoms with Gasteiger partial charge in [-0.1, -0.05) is 18.2 Å². The number of aromatic carboxylic acids is 1. The molecule has 2 amide bonds. The van der Waals surface area contributed by atoms with Crippen LogP contribution in [0.2, 0.25) is 0 Å². The molecule has 0 saturated carbocycles. The van der Waals surface area contributed by atoms with Gasteiger partial charge in [-0.3, -0.25) is 19.8 Å². The summed E-state index contributed by atoms with van der Waals surface area (Å²) in [5, 5.41) is 20.9. The van der Waals surface area contributed by atoms with Crippen LogP contribution in [0.4, 0.5) is 5.69 Å². The molecule has 0 unspecified atom stereocenters. The number of benzene rings is 3. The van der Waals surface area contributed by atoms with E-state index in [1.54, 1.807) is 6.07 Å². The molecule has 1 aliphatic heterocycles. The number of carbonyl (C=O) groups is 3. The molecule has 9 nitrogen and oxygen atoms in total. The van der Waals surface area contributed by atoms with Gasteiger partial charge in [-0.2, -0.15) is 5.26 Å². The summed E-state index contributed by atoms with van der Waals surface area (Å²) in [4.78, 5) is 38.6. The summed E-state index contributed by atoms with van der Waals surface area (Å²) in [5.41, 5.74) is 4.90. The lowest BCUT2D eigenvalue weighted by Gasteiger charge is -2.29. The van der Waals surface area contributed by atoms with E-state index in [2.05, 4.69) is 11.4 Å². The minimum atomic E-state index is -1.10. The highest BCUT2D eigenvalue weighted by Crippen LogP contribution is 2.27. The fourth-order valence-corrected chi connectivity index (χ4v) is 5.02. The topological polar surface area (TPSA) is 125 Å². The molecule has 0 atom stereocenters. The van der Waals surface area contributed by atoms with Gasteiger partial charge in [-0.15, -0.1) is 0 Å². The normalized spacial score (nSPS) is 14.1. The van der Waals surface area contributed by atoms with E-state index in [4.69, 9.17) is 17.0 Å². The van der Waals surface area contributed by atoms with Gasteiger partial charge in [0, 0.05) is 22.6 Å². The maximum Gasteiger partial charge on any atom is 0.335 e. The smallest absolute Gasteiger partial charge is 0.335 e. The first-order valence-electron chi connectivity index (χ1n) is 12.8. The number of carbonyl (C=O) groups excluding carboxylic acids is 2. The van der Waals surface area contributed by atoms with Gasteiger partial charge in [-0.25, -0.2) is 4.79 Å². The SMILES string of the molecule is Cc1cc(/C=C2\C(=O)NC(=S)N(c3ccc(C(=O)O)cc3)C2=O)c(C)n1-c1ccc(OCc2ccccc2C#N)cc1. The van der Waals surface area contributed by atoms with E-state index in [9.17, 15) is 24.8 Å². The number of aromatic nitrogens is 1. The fourth-order valence-electron chi connectivity index (χ4n) is 4.74.